The predicted octanol–water partition coefficient (Wildman–Crippen LogP) is 4.06. The van der Waals surface area contributed by atoms with E-state index in [-0.39, 0.29) is 0 Å². The highest BCUT2D eigenvalue weighted by atomic mass is 16.5. The van der Waals surface area contributed by atoms with Gasteiger partial charge in [-0.1, -0.05) is 30.3 Å². The average molecular weight is 413 g/mol. The molecule has 1 fully saturated rings. The lowest BCUT2D eigenvalue weighted by atomic mass is 9.95. The molecule has 0 atom stereocenters. The van der Waals surface area contributed by atoms with E-state index in [4.69, 9.17) is 14.2 Å². The highest BCUT2D eigenvalue weighted by Crippen LogP contribution is 2.24. The van der Waals surface area contributed by atoms with E-state index in [0.717, 1.165) is 63.3 Å². The standard InChI is InChI=1S/C25H36N2O3/c1-28-17-16-27(18-21-8-10-24(29-2)11-9-21)19-22-12-14-26(15-13-22)20-23-6-4-5-7-25(23)30-3/h4-11,22H,12-20H2,1-3H3. The van der Waals surface area contributed by atoms with Crippen LogP contribution in [0.1, 0.15) is 24.0 Å². The number of hydrogen-bond acceptors (Lipinski definition) is 5. The molecular weight excluding hydrogens is 376 g/mol. The molecule has 2 aromatic rings. The van der Waals surface area contributed by atoms with Crippen molar-refractivity contribution in [2.45, 2.75) is 25.9 Å². The van der Waals surface area contributed by atoms with Crippen LogP contribution in [0.5, 0.6) is 11.5 Å². The van der Waals surface area contributed by atoms with Crippen molar-refractivity contribution in [3.63, 3.8) is 0 Å². The number of piperidine rings is 1. The van der Waals surface area contributed by atoms with Crippen molar-refractivity contribution in [3.05, 3.63) is 59.7 Å². The van der Waals surface area contributed by atoms with Gasteiger partial charge in [0.25, 0.3) is 0 Å². The topological polar surface area (TPSA) is 34.2 Å². The summed E-state index contributed by atoms with van der Waals surface area (Å²) in [5.41, 5.74) is 2.60. The van der Waals surface area contributed by atoms with Gasteiger partial charge in [0.1, 0.15) is 11.5 Å². The van der Waals surface area contributed by atoms with Crippen LogP contribution >= 0.6 is 0 Å². The van der Waals surface area contributed by atoms with Crippen LogP contribution in [0.4, 0.5) is 0 Å². The van der Waals surface area contributed by atoms with Gasteiger partial charge in [0.05, 0.1) is 20.8 Å². The molecule has 0 N–H and O–H groups in total. The molecule has 0 saturated carbocycles. The minimum atomic E-state index is 0.731. The van der Waals surface area contributed by atoms with E-state index in [1.807, 2.05) is 18.2 Å². The zero-order chi connectivity index (χ0) is 21.2. The highest BCUT2D eigenvalue weighted by Gasteiger charge is 2.22. The number of methoxy groups -OCH3 is 3. The molecule has 0 amide bonds. The van der Waals surface area contributed by atoms with Gasteiger partial charge in [-0.15, -0.1) is 0 Å². The first-order chi connectivity index (χ1) is 14.7. The second-order valence-corrected chi connectivity index (χ2v) is 8.11. The first-order valence-electron chi connectivity index (χ1n) is 10.9. The lowest BCUT2D eigenvalue weighted by molar-refractivity contribution is 0.106. The molecule has 0 radical (unpaired) electrons. The lowest BCUT2D eigenvalue weighted by Crippen LogP contribution is -2.39. The van der Waals surface area contributed by atoms with E-state index in [0.29, 0.717) is 0 Å². The van der Waals surface area contributed by atoms with Crippen LogP contribution in [0.25, 0.3) is 0 Å². The van der Waals surface area contributed by atoms with E-state index in [1.54, 1.807) is 21.3 Å². The average Bonchev–Trinajstić information content (AvgIpc) is 2.79. The highest BCUT2D eigenvalue weighted by molar-refractivity contribution is 5.33. The van der Waals surface area contributed by atoms with Crippen LogP contribution in [0.3, 0.4) is 0 Å². The molecule has 1 heterocycles. The van der Waals surface area contributed by atoms with Crippen LogP contribution in [-0.2, 0) is 17.8 Å². The van der Waals surface area contributed by atoms with E-state index < -0.39 is 0 Å². The first-order valence-corrected chi connectivity index (χ1v) is 10.9. The predicted molar refractivity (Wildman–Crippen MR) is 121 cm³/mol. The van der Waals surface area contributed by atoms with Gasteiger partial charge in [0.15, 0.2) is 0 Å². The zero-order valence-corrected chi connectivity index (χ0v) is 18.7. The number of hydrogen-bond donors (Lipinski definition) is 0. The molecule has 5 nitrogen and oxygen atoms in total. The van der Waals surface area contributed by atoms with Crippen LogP contribution in [0.15, 0.2) is 48.5 Å². The lowest BCUT2D eigenvalue weighted by Gasteiger charge is -2.35. The molecule has 164 valence electrons. The monoisotopic (exact) mass is 412 g/mol. The van der Waals surface area contributed by atoms with Gasteiger partial charge in [-0.05, 0) is 55.6 Å². The summed E-state index contributed by atoms with van der Waals surface area (Å²) in [6, 6.07) is 16.8. The van der Waals surface area contributed by atoms with Crippen molar-refractivity contribution in [3.8, 4) is 11.5 Å². The Bertz CT molecular complexity index is 742. The van der Waals surface area contributed by atoms with Gasteiger partial charge < -0.3 is 14.2 Å². The number of likely N-dealkylation sites (tertiary alicyclic amines) is 1. The Labute approximate surface area is 181 Å². The van der Waals surface area contributed by atoms with Crippen molar-refractivity contribution in [1.82, 2.24) is 9.80 Å². The summed E-state index contributed by atoms with van der Waals surface area (Å²) in [5, 5.41) is 0. The molecule has 0 unspecified atom stereocenters. The number of nitrogens with zero attached hydrogens (tertiary/aromatic N) is 2. The summed E-state index contributed by atoms with van der Waals surface area (Å²) in [4.78, 5) is 5.09. The molecule has 1 aliphatic rings. The van der Waals surface area contributed by atoms with Crippen molar-refractivity contribution in [2.24, 2.45) is 5.92 Å². The van der Waals surface area contributed by atoms with Crippen LogP contribution < -0.4 is 9.47 Å². The largest absolute Gasteiger partial charge is 0.497 e. The maximum Gasteiger partial charge on any atom is 0.123 e. The molecular formula is C25H36N2O3. The molecule has 0 aromatic heterocycles. The third-order valence-corrected chi connectivity index (χ3v) is 5.99. The van der Waals surface area contributed by atoms with Crippen molar-refractivity contribution < 1.29 is 14.2 Å². The minimum absolute atomic E-state index is 0.731. The maximum absolute atomic E-state index is 5.52. The van der Waals surface area contributed by atoms with Gasteiger partial charge in [-0.2, -0.15) is 0 Å². The minimum Gasteiger partial charge on any atom is -0.497 e. The molecule has 3 rings (SSSR count). The molecule has 0 bridgehead atoms. The van der Waals surface area contributed by atoms with Gasteiger partial charge in [0.2, 0.25) is 0 Å². The Morgan fingerprint density at radius 1 is 0.933 bits per heavy atom. The van der Waals surface area contributed by atoms with E-state index in [1.165, 1.54) is 24.0 Å². The quantitative estimate of drug-likeness (QED) is 0.556. The van der Waals surface area contributed by atoms with Crippen LogP contribution in [0.2, 0.25) is 0 Å². The Hall–Kier alpha value is -2.08. The van der Waals surface area contributed by atoms with Crippen molar-refractivity contribution in [2.75, 3.05) is 54.1 Å². The van der Waals surface area contributed by atoms with E-state index in [2.05, 4.69) is 40.1 Å². The Kier molecular flexibility index (Phi) is 9.00. The summed E-state index contributed by atoms with van der Waals surface area (Å²) in [6.07, 6.45) is 2.47. The number of ether oxygens (including phenoxy) is 3. The molecule has 1 aliphatic heterocycles. The summed E-state index contributed by atoms with van der Waals surface area (Å²) in [5.74, 6) is 2.63. The Morgan fingerprint density at radius 2 is 1.67 bits per heavy atom. The third-order valence-electron chi connectivity index (χ3n) is 5.99. The van der Waals surface area contributed by atoms with Crippen molar-refractivity contribution in [1.29, 1.82) is 0 Å². The Morgan fingerprint density at radius 3 is 2.33 bits per heavy atom. The second kappa shape index (κ2) is 11.9. The molecule has 30 heavy (non-hydrogen) atoms. The normalized spacial score (nSPS) is 15.5. The number of rotatable bonds is 11. The molecule has 2 aromatic carbocycles. The van der Waals surface area contributed by atoms with Gasteiger partial charge >= 0.3 is 0 Å². The van der Waals surface area contributed by atoms with E-state index >= 15 is 0 Å². The second-order valence-electron chi connectivity index (χ2n) is 8.11. The summed E-state index contributed by atoms with van der Waals surface area (Å²) < 4.78 is 16.2. The third kappa shape index (κ3) is 6.73. The maximum atomic E-state index is 5.52. The first kappa shape index (κ1) is 22.6. The van der Waals surface area contributed by atoms with Gasteiger partial charge in [-0.3, -0.25) is 9.80 Å². The summed E-state index contributed by atoms with van der Waals surface area (Å²) in [6.45, 7) is 7.06. The van der Waals surface area contributed by atoms with Gasteiger partial charge in [0, 0.05) is 38.9 Å². The zero-order valence-electron chi connectivity index (χ0n) is 18.7. The fraction of sp³-hybridized carbons (Fsp3) is 0.520. The SMILES string of the molecule is COCCN(Cc1ccc(OC)cc1)CC1CCN(Cc2ccccc2OC)CC1. The fourth-order valence-electron chi connectivity index (χ4n) is 4.21. The number of benzene rings is 2. The number of para-hydroxylation sites is 1. The van der Waals surface area contributed by atoms with Gasteiger partial charge in [-0.25, -0.2) is 0 Å². The van der Waals surface area contributed by atoms with Crippen molar-refractivity contribution >= 4 is 0 Å². The van der Waals surface area contributed by atoms with Crippen LogP contribution in [-0.4, -0.2) is 63.9 Å². The Balaban J connectivity index is 1.50. The fourth-order valence-corrected chi connectivity index (χ4v) is 4.21. The molecule has 5 heteroatoms. The molecule has 0 spiro atoms. The summed E-state index contributed by atoms with van der Waals surface area (Å²) in [7, 11) is 5.24. The summed E-state index contributed by atoms with van der Waals surface area (Å²) >= 11 is 0. The van der Waals surface area contributed by atoms with Crippen LogP contribution in [0, 0.1) is 5.92 Å². The van der Waals surface area contributed by atoms with E-state index in [9.17, 15) is 0 Å². The smallest absolute Gasteiger partial charge is 0.123 e. The molecule has 0 aliphatic carbocycles. The molecule has 1 saturated heterocycles.